The molecule has 0 bridgehead atoms. The summed E-state index contributed by atoms with van der Waals surface area (Å²) in [6.45, 7) is 5.36. The number of ether oxygens (including phenoxy) is 1. The van der Waals surface area contributed by atoms with Crippen LogP contribution in [0.1, 0.15) is 37.0 Å². The Labute approximate surface area is 94.2 Å². The first-order chi connectivity index (χ1) is 7.63. The van der Waals surface area contributed by atoms with Gasteiger partial charge in [-0.15, -0.1) is 0 Å². The standard InChI is InChI=1S/C11H17N3O2/c1-6(2)9(16-3)10-13-8-5-12-4-7(8)11(15)14-10/h6,9,12H,4-5H2,1-3H3,(H,13,14,15). The zero-order valence-electron chi connectivity index (χ0n) is 9.83. The second-order valence-corrected chi connectivity index (χ2v) is 4.38. The van der Waals surface area contributed by atoms with Gasteiger partial charge in [0.1, 0.15) is 11.9 Å². The second kappa shape index (κ2) is 4.35. The Morgan fingerprint density at radius 2 is 2.12 bits per heavy atom. The van der Waals surface area contributed by atoms with Gasteiger partial charge in [-0.1, -0.05) is 13.8 Å². The van der Waals surface area contributed by atoms with Gasteiger partial charge in [0, 0.05) is 20.2 Å². The van der Waals surface area contributed by atoms with Crippen LogP contribution in [-0.2, 0) is 17.8 Å². The maximum atomic E-state index is 11.8. The number of fused-ring (bicyclic) bond motifs is 1. The molecule has 2 N–H and O–H groups in total. The third-order valence-corrected chi connectivity index (χ3v) is 2.84. The van der Waals surface area contributed by atoms with Crippen LogP contribution in [0.2, 0.25) is 0 Å². The Balaban J connectivity index is 2.43. The van der Waals surface area contributed by atoms with Crippen LogP contribution in [0, 0.1) is 5.92 Å². The molecule has 5 nitrogen and oxygen atoms in total. The van der Waals surface area contributed by atoms with Gasteiger partial charge in [-0.05, 0) is 5.92 Å². The highest BCUT2D eigenvalue weighted by Gasteiger charge is 2.22. The average molecular weight is 223 g/mol. The van der Waals surface area contributed by atoms with Crippen LogP contribution >= 0.6 is 0 Å². The Morgan fingerprint density at radius 3 is 2.75 bits per heavy atom. The van der Waals surface area contributed by atoms with E-state index >= 15 is 0 Å². The normalized spacial score (nSPS) is 16.5. The molecule has 2 rings (SSSR count). The fraction of sp³-hybridized carbons (Fsp3) is 0.636. The second-order valence-electron chi connectivity index (χ2n) is 4.38. The molecule has 5 heteroatoms. The van der Waals surface area contributed by atoms with E-state index in [2.05, 4.69) is 15.3 Å². The first kappa shape index (κ1) is 11.3. The van der Waals surface area contributed by atoms with E-state index in [-0.39, 0.29) is 17.6 Å². The largest absolute Gasteiger partial charge is 0.373 e. The van der Waals surface area contributed by atoms with Crippen molar-refractivity contribution in [2.75, 3.05) is 7.11 Å². The maximum absolute atomic E-state index is 11.8. The highest BCUT2D eigenvalue weighted by Crippen LogP contribution is 2.22. The van der Waals surface area contributed by atoms with E-state index in [1.54, 1.807) is 7.11 Å². The van der Waals surface area contributed by atoms with Gasteiger partial charge in [0.2, 0.25) is 0 Å². The summed E-state index contributed by atoms with van der Waals surface area (Å²) in [6, 6.07) is 0. The first-order valence-corrected chi connectivity index (χ1v) is 5.49. The van der Waals surface area contributed by atoms with Crippen LogP contribution in [0.5, 0.6) is 0 Å². The molecule has 0 saturated heterocycles. The molecule has 0 spiro atoms. The minimum Gasteiger partial charge on any atom is -0.373 e. The summed E-state index contributed by atoms with van der Waals surface area (Å²) in [6.07, 6.45) is -0.154. The van der Waals surface area contributed by atoms with Crippen molar-refractivity contribution < 1.29 is 4.74 Å². The van der Waals surface area contributed by atoms with E-state index in [1.807, 2.05) is 13.8 Å². The molecular formula is C11H17N3O2. The van der Waals surface area contributed by atoms with E-state index in [4.69, 9.17) is 4.74 Å². The van der Waals surface area contributed by atoms with Crippen LogP contribution in [0.4, 0.5) is 0 Å². The lowest BCUT2D eigenvalue weighted by molar-refractivity contribution is 0.0571. The number of rotatable bonds is 3. The van der Waals surface area contributed by atoms with Gasteiger partial charge >= 0.3 is 0 Å². The minimum atomic E-state index is -0.154. The lowest BCUT2D eigenvalue weighted by atomic mass is 10.1. The Hall–Kier alpha value is -1.20. The van der Waals surface area contributed by atoms with Gasteiger partial charge in [-0.3, -0.25) is 4.79 Å². The van der Waals surface area contributed by atoms with E-state index in [0.717, 1.165) is 11.3 Å². The molecule has 1 aromatic heterocycles. The number of hydrogen-bond acceptors (Lipinski definition) is 4. The Morgan fingerprint density at radius 1 is 1.38 bits per heavy atom. The highest BCUT2D eigenvalue weighted by molar-refractivity contribution is 5.22. The third-order valence-electron chi connectivity index (χ3n) is 2.84. The molecule has 1 aliphatic rings. The zero-order chi connectivity index (χ0) is 11.7. The highest BCUT2D eigenvalue weighted by atomic mass is 16.5. The molecule has 1 aliphatic heterocycles. The Bertz CT molecular complexity index is 439. The molecule has 2 heterocycles. The van der Waals surface area contributed by atoms with Crippen molar-refractivity contribution >= 4 is 0 Å². The van der Waals surface area contributed by atoms with Gasteiger partial charge in [0.05, 0.1) is 11.3 Å². The van der Waals surface area contributed by atoms with Crippen molar-refractivity contribution in [2.45, 2.75) is 33.0 Å². The predicted molar refractivity (Wildman–Crippen MR) is 60.0 cm³/mol. The summed E-state index contributed by atoms with van der Waals surface area (Å²) in [7, 11) is 1.64. The van der Waals surface area contributed by atoms with Gasteiger partial charge < -0.3 is 15.0 Å². The molecule has 0 amide bonds. The van der Waals surface area contributed by atoms with Crippen molar-refractivity contribution in [1.82, 2.24) is 15.3 Å². The third kappa shape index (κ3) is 1.88. The predicted octanol–water partition coefficient (Wildman–Crippen LogP) is 0.717. The fourth-order valence-electron chi connectivity index (χ4n) is 2.03. The van der Waals surface area contributed by atoms with Crippen molar-refractivity contribution in [3.63, 3.8) is 0 Å². The van der Waals surface area contributed by atoms with Crippen molar-refractivity contribution in [3.8, 4) is 0 Å². The summed E-state index contributed by atoms with van der Waals surface area (Å²) >= 11 is 0. The SMILES string of the molecule is COC(c1nc2c(c(=O)[nH]1)CNC2)C(C)C. The number of aromatic amines is 1. The number of aromatic nitrogens is 2. The molecule has 1 atom stereocenters. The van der Waals surface area contributed by atoms with Gasteiger partial charge in [0.15, 0.2) is 0 Å². The summed E-state index contributed by atoms with van der Waals surface area (Å²) < 4.78 is 5.36. The average Bonchev–Trinajstić information content (AvgIpc) is 2.66. The summed E-state index contributed by atoms with van der Waals surface area (Å²) in [5, 5.41) is 3.12. The van der Waals surface area contributed by atoms with Crippen LogP contribution in [0.15, 0.2) is 4.79 Å². The lowest BCUT2D eigenvalue weighted by Crippen LogP contribution is -2.22. The molecule has 1 aromatic rings. The topological polar surface area (TPSA) is 67.0 Å². The monoisotopic (exact) mass is 223 g/mol. The maximum Gasteiger partial charge on any atom is 0.255 e. The van der Waals surface area contributed by atoms with Crippen LogP contribution in [0.25, 0.3) is 0 Å². The summed E-state index contributed by atoms with van der Waals surface area (Å²) in [4.78, 5) is 19.1. The van der Waals surface area contributed by atoms with Crippen molar-refractivity contribution in [2.24, 2.45) is 5.92 Å². The van der Waals surface area contributed by atoms with Crippen LogP contribution in [0.3, 0.4) is 0 Å². The number of H-pyrrole nitrogens is 1. The first-order valence-electron chi connectivity index (χ1n) is 5.49. The fourth-order valence-corrected chi connectivity index (χ4v) is 2.03. The molecular weight excluding hydrogens is 206 g/mol. The molecule has 0 radical (unpaired) electrons. The molecule has 0 fully saturated rings. The molecule has 0 aromatic carbocycles. The van der Waals surface area contributed by atoms with Crippen LogP contribution in [-0.4, -0.2) is 17.1 Å². The smallest absolute Gasteiger partial charge is 0.255 e. The van der Waals surface area contributed by atoms with E-state index in [1.165, 1.54) is 0 Å². The van der Waals surface area contributed by atoms with E-state index in [0.29, 0.717) is 18.9 Å². The lowest BCUT2D eigenvalue weighted by Gasteiger charge is -2.18. The molecule has 16 heavy (non-hydrogen) atoms. The molecule has 0 aliphatic carbocycles. The van der Waals surface area contributed by atoms with Gasteiger partial charge in [-0.25, -0.2) is 4.98 Å². The number of methoxy groups -OCH3 is 1. The van der Waals surface area contributed by atoms with E-state index < -0.39 is 0 Å². The van der Waals surface area contributed by atoms with Crippen molar-refractivity contribution in [3.05, 3.63) is 27.4 Å². The number of nitrogens with zero attached hydrogens (tertiary/aromatic N) is 1. The molecule has 88 valence electrons. The van der Waals surface area contributed by atoms with E-state index in [9.17, 15) is 4.79 Å². The number of hydrogen-bond donors (Lipinski definition) is 2. The molecule has 0 saturated carbocycles. The Kier molecular flexibility index (Phi) is 3.07. The summed E-state index contributed by atoms with van der Waals surface area (Å²) in [5.74, 6) is 0.908. The zero-order valence-corrected chi connectivity index (χ0v) is 9.83. The quantitative estimate of drug-likeness (QED) is 0.792. The number of nitrogens with one attached hydrogen (secondary N) is 2. The molecule has 1 unspecified atom stereocenters. The van der Waals surface area contributed by atoms with Crippen molar-refractivity contribution in [1.29, 1.82) is 0 Å². The minimum absolute atomic E-state index is 0.0484. The summed E-state index contributed by atoms with van der Waals surface area (Å²) in [5.41, 5.74) is 1.55. The van der Waals surface area contributed by atoms with Crippen LogP contribution < -0.4 is 10.9 Å². The van der Waals surface area contributed by atoms with Gasteiger partial charge in [-0.2, -0.15) is 0 Å². The van der Waals surface area contributed by atoms with Gasteiger partial charge in [0.25, 0.3) is 5.56 Å².